The maximum absolute atomic E-state index is 5.23. The normalized spacial score (nSPS) is 11.1. The zero-order valence-electron chi connectivity index (χ0n) is 27.6. The molecule has 3 rings (SSSR count). The average molecular weight is 695 g/mol. The molecule has 0 aliphatic rings. The molecule has 0 spiro atoms. The molecule has 243 valence electrons. The standard InChI is InChI=1S/C37H51N3.3ClH.V/c1-7-11-18-30-22-15-23-31(19-12-8-2)36(30)38-28(5)34-26-17-27-35(40-34)29(6)39-37-32(20-13-9-3)24-16-25-33(37)21-14-10-4;;;;/h15-17,22-27H,7-14,18-21H2,1-6H3;3*1H;/p-3. The summed E-state index contributed by atoms with van der Waals surface area (Å²) in [5.74, 6) is 0. The van der Waals surface area contributed by atoms with Gasteiger partial charge in [0.25, 0.3) is 0 Å². The number of rotatable bonds is 16. The SMILES string of the molecule is CCCCc1cccc(CCCC)c1N=C(C)c1cccc(C(C)=Nc2c(CCCC)cccc2CCCC)n1.[Cl-].[Cl-].[Cl-].[V]. The number of aromatic nitrogens is 1. The van der Waals surface area contributed by atoms with Gasteiger partial charge in [-0.3, -0.25) is 9.98 Å². The summed E-state index contributed by atoms with van der Waals surface area (Å²) in [7, 11) is 0. The van der Waals surface area contributed by atoms with E-state index in [1.165, 1.54) is 73.6 Å². The van der Waals surface area contributed by atoms with Crippen LogP contribution in [-0.4, -0.2) is 16.4 Å². The Hall–Kier alpha value is -1.62. The number of nitrogens with zero attached hydrogens (tertiary/aromatic N) is 3. The first kappa shape index (κ1) is 44.5. The van der Waals surface area contributed by atoms with E-state index in [0.29, 0.717) is 0 Å². The zero-order chi connectivity index (χ0) is 28.7. The number of para-hydroxylation sites is 2. The molecule has 0 bridgehead atoms. The van der Waals surface area contributed by atoms with E-state index in [4.69, 9.17) is 15.0 Å². The summed E-state index contributed by atoms with van der Waals surface area (Å²) >= 11 is 0. The third-order valence-electron chi connectivity index (χ3n) is 7.65. The van der Waals surface area contributed by atoms with E-state index in [2.05, 4.69) is 96.1 Å². The smallest absolute Gasteiger partial charge is 0.0849 e. The van der Waals surface area contributed by atoms with E-state index < -0.39 is 0 Å². The summed E-state index contributed by atoms with van der Waals surface area (Å²) in [6.07, 6.45) is 13.8. The van der Waals surface area contributed by atoms with Gasteiger partial charge in [0, 0.05) is 18.6 Å². The van der Waals surface area contributed by atoms with Crippen molar-refractivity contribution in [3.05, 3.63) is 88.2 Å². The van der Waals surface area contributed by atoms with Crippen LogP contribution in [0.2, 0.25) is 0 Å². The Labute approximate surface area is 298 Å². The first-order valence-electron chi connectivity index (χ1n) is 15.8. The molecule has 0 N–H and O–H groups in total. The van der Waals surface area contributed by atoms with Gasteiger partial charge >= 0.3 is 0 Å². The van der Waals surface area contributed by atoms with Gasteiger partial charge in [-0.25, -0.2) is 4.98 Å². The van der Waals surface area contributed by atoms with Gasteiger partial charge in [0.2, 0.25) is 0 Å². The molecule has 0 saturated carbocycles. The number of unbranched alkanes of at least 4 members (excludes halogenated alkanes) is 4. The topological polar surface area (TPSA) is 37.6 Å². The molecule has 1 aromatic heterocycles. The summed E-state index contributed by atoms with van der Waals surface area (Å²) < 4.78 is 0. The fourth-order valence-electron chi connectivity index (χ4n) is 5.14. The van der Waals surface area contributed by atoms with Gasteiger partial charge in [-0.15, -0.1) is 0 Å². The summed E-state index contributed by atoms with van der Waals surface area (Å²) in [4.78, 5) is 15.5. The third-order valence-corrected chi connectivity index (χ3v) is 7.65. The van der Waals surface area contributed by atoms with Crippen LogP contribution in [0.1, 0.15) is 127 Å². The Bertz CT molecular complexity index is 1140. The van der Waals surface area contributed by atoms with Crippen LogP contribution < -0.4 is 37.2 Å². The van der Waals surface area contributed by atoms with Gasteiger partial charge in [0.15, 0.2) is 0 Å². The van der Waals surface area contributed by atoms with Crippen LogP contribution in [0.4, 0.5) is 11.4 Å². The van der Waals surface area contributed by atoms with Crippen molar-refractivity contribution in [3.8, 4) is 0 Å². The molecule has 2 aromatic carbocycles. The summed E-state index contributed by atoms with van der Waals surface area (Å²) in [6, 6.07) is 19.7. The maximum atomic E-state index is 5.23. The van der Waals surface area contributed by atoms with Crippen LogP contribution in [0.5, 0.6) is 0 Å². The molecule has 0 saturated heterocycles. The number of hydrogen-bond acceptors (Lipinski definition) is 3. The van der Waals surface area contributed by atoms with Gasteiger partial charge in [0.05, 0.1) is 34.2 Å². The number of aliphatic imine (C=N–C) groups is 2. The van der Waals surface area contributed by atoms with Crippen molar-refractivity contribution in [1.82, 2.24) is 4.98 Å². The van der Waals surface area contributed by atoms with Crippen LogP contribution in [0.15, 0.2) is 64.6 Å². The number of halogens is 3. The zero-order valence-corrected chi connectivity index (χ0v) is 31.3. The van der Waals surface area contributed by atoms with Gasteiger partial charge in [-0.1, -0.05) is 95.8 Å². The second-order valence-corrected chi connectivity index (χ2v) is 11.1. The predicted octanol–water partition coefficient (Wildman–Crippen LogP) is 1.74. The van der Waals surface area contributed by atoms with E-state index in [1.54, 1.807) is 0 Å². The molecule has 0 aliphatic heterocycles. The van der Waals surface area contributed by atoms with Crippen molar-refractivity contribution in [2.45, 2.75) is 119 Å². The van der Waals surface area contributed by atoms with Crippen LogP contribution in [0, 0.1) is 0 Å². The molecule has 0 unspecified atom stereocenters. The molecule has 1 radical (unpaired) electrons. The molecule has 0 fully saturated rings. The molecule has 0 amide bonds. The van der Waals surface area contributed by atoms with E-state index in [9.17, 15) is 0 Å². The Kier molecular flexibility index (Phi) is 24.9. The van der Waals surface area contributed by atoms with Gasteiger partial charge < -0.3 is 37.2 Å². The Morgan fingerprint density at radius 1 is 0.500 bits per heavy atom. The second-order valence-electron chi connectivity index (χ2n) is 11.1. The van der Waals surface area contributed by atoms with Crippen molar-refractivity contribution in [1.29, 1.82) is 0 Å². The first-order valence-corrected chi connectivity index (χ1v) is 15.8. The molecule has 3 aromatic rings. The van der Waals surface area contributed by atoms with Crippen molar-refractivity contribution >= 4 is 22.8 Å². The molecular weight excluding hydrogens is 644 g/mol. The maximum Gasteiger partial charge on any atom is 0.0849 e. The summed E-state index contributed by atoms with van der Waals surface area (Å²) in [6.45, 7) is 13.2. The van der Waals surface area contributed by atoms with Gasteiger partial charge in [-0.05, 0) is 99.6 Å². The van der Waals surface area contributed by atoms with E-state index in [-0.39, 0.29) is 55.8 Å². The van der Waals surface area contributed by atoms with Crippen LogP contribution in [0.25, 0.3) is 0 Å². The monoisotopic (exact) mass is 693 g/mol. The minimum absolute atomic E-state index is 0. The molecule has 0 atom stereocenters. The molecule has 0 aliphatic carbocycles. The van der Waals surface area contributed by atoms with Gasteiger partial charge in [-0.2, -0.15) is 0 Å². The Morgan fingerprint density at radius 3 is 1.05 bits per heavy atom. The summed E-state index contributed by atoms with van der Waals surface area (Å²) in [5.41, 5.74) is 11.5. The number of aryl methyl sites for hydroxylation is 4. The van der Waals surface area contributed by atoms with Crippen LogP contribution in [0.3, 0.4) is 0 Å². The van der Waals surface area contributed by atoms with E-state index in [0.717, 1.165) is 59.9 Å². The summed E-state index contributed by atoms with van der Waals surface area (Å²) in [5, 5.41) is 0. The fraction of sp³-hybridized carbons (Fsp3) is 0.486. The average Bonchev–Trinajstić information content (AvgIpc) is 2.98. The minimum Gasteiger partial charge on any atom is -1.00 e. The largest absolute Gasteiger partial charge is 1.00 e. The van der Waals surface area contributed by atoms with Crippen LogP contribution >= 0.6 is 0 Å². The van der Waals surface area contributed by atoms with Crippen molar-refractivity contribution in [2.24, 2.45) is 9.98 Å². The fourth-order valence-corrected chi connectivity index (χ4v) is 5.14. The van der Waals surface area contributed by atoms with Crippen molar-refractivity contribution < 1.29 is 55.8 Å². The van der Waals surface area contributed by atoms with E-state index >= 15 is 0 Å². The number of pyridine rings is 1. The molecular formula is C37H51Cl3N3V-3. The van der Waals surface area contributed by atoms with Crippen molar-refractivity contribution in [3.63, 3.8) is 0 Å². The van der Waals surface area contributed by atoms with Gasteiger partial charge in [0.1, 0.15) is 0 Å². The third kappa shape index (κ3) is 13.4. The molecule has 7 heteroatoms. The Balaban J connectivity index is 0. The number of hydrogen-bond donors (Lipinski definition) is 0. The first-order chi connectivity index (χ1) is 19.5. The number of benzene rings is 2. The Morgan fingerprint density at radius 2 is 0.773 bits per heavy atom. The van der Waals surface area contributed by atoms with Crippen molar-refractivity contribution in [2.75, 3.05) is 0 Å². The molecule has 1 heterocycles. The minimum atomic E-state index is 0. The predicted molar refractivity (Wildman–Crippen MR) is 175 cm³/mol. The van der Waals surface area contributed by atoms with E-state index in [1.807, 2.05) is 0 Å². The van der Waals surface area contributed by atoms with Crippen LogP contribution in [-0.2, 0) is 44.2 Å². The second kappa shape index (κ2) is 24.6. The molecule has 3 nitrogen and oxygen atoms in total. The molecule has 44 heavy (non-hydrogen) atoms. The quantitative estimate of drug-likeness (QED) is 0.211.